The van der Waals surface area contributed by atoms with E-state index in [9.17, 15) is 4.79 Å². The average Bonchev–Trinajstić information content (AvgIpc) is 2.68. The van der Waals surface area contributed by atoms with E-state index in [1.54, 1.807) is 0 Å². The first kappa shape index (κ1) is 13.9. The maximum atomic E-state index is 9.76. The van der Waals surface area contributed by atoms with Gasteiger partial charge in [0, 0.05) is 5.75 Å². The highest BCUT2D eigenvalue weighted by atomic mass is 32.1. The summed E-state index contributed by atoms with van der Waals surface area (Å²) in [6.07, 6.45) is 0. The Balaban J connectivity index is 0.000000185. The van der Waals surface area contributed by atoms with Crippen LogP contribution in [0.2, 0.25) is 0 Å². The van der Waals surface area contributed by atoms with Crippen LogP contribution in [0.1, 0.15) is 0 Å². The number of thiol groups is 2. The summed E-state index contributed by atoms with van der Waals surface area (Å²) in [5.74, 6) is -0.815. The number of nitrogens with zero attached hydrogens (tertiary/aromatic N) is 1. The summed E-state index contributed by atoms with van der Waals surface area (Å²) in [4.78, 5) is 16.9. The quantitative estimate of drug-likeness (QED) is 0.530. The van der Waals surface area contributed by atoms with E-state index in [2.05, 4.69) is 35.2 Å². The van der Waals surface area contributed by atoms with Crippen molar-refractivity contribution in [3.05, 3.63) is 24.3 Å². The molecule has 0 radical (unpaired) electrons. The Morgan fingerprint density at radius 2 is 2.18 bits per heavy atom. The van der Waals surface area contributed by atoms with Crippen LogP contribution >= 0.6 is 25.3 Å². The second-order valence-electron chi connectivity index (χ2n) is 3.20. The number of carboxylic acids is 1. The SMILES string of the molecule is NC(CS)C(=O)O.Sc1nc2ccccc2[nH]1. The molecule has 92 valence electrons. The Morgan fingerprint density at radius 1 is 1.53 bits per heavy atom. The number of benzene rings is 1. The zero-order valence-electron chi connectivity index (χ0n) is 8.87. The van der Waals surface area contributed by atoms with Crippen LogP contribution in [0.3, 0.4) is 0 Å². The lowest BCUT2D eigenvalue weighted by Crippen LogP contribution is -2.31. The lowest BCUT2D eigenvalue weighted by atomic mass is 10.3. The molecule has 0 spiro atoms. The maximum absolute atomic E-state index is 9.76. The second-order valence-corrected chi connectivity index (χ2v) is 3.99. The van der Waals surface area contributed by atoms with Crippen LogP contribution in [-0.4, -0.2) is 32.8 Å². The summed E-state index contributed by atoms with van der Waals surface area (Å²) < 4.78 is 0. The average molecular weight is 271 g/mol. The number of para-hydroxylation sites is 2. The predicted molar refractivity (Wildman–Crippen MR) is 72.8 cm³/mol. The van der Waals surface area contributed by atoms with Crippen molar-refractivity contribution >= 4 is 42.3 Å². The van der Waals surface area contributed by atoms with Gasteiger partial charge in [-0.1, -0.05) is 12.1 Å². The van der Waals surface area contributed by atoms with Crippen molar-refractivity contribution in [1.82, 2.24) is 9.97 Å². The number of H-pyrrole nitrogens is 1. The molecule has 1 atom stereocenters. The van der Waals surface area contributed by atoms with Crippen LogP contribution in [-0.2, 0) is 4.79 Å². The predicted octanol–water partition coefficient (Wildman–Crippen LogP) is 1.18. The Bertz CT molecular complexity index is 468. The van der Waals surface area contributed by atoms with E-state index in [1.807, 2.05) is 24.3 Å². The molecule has 2 rings (SSSR count). The van der Waals surface area contributed by atoms with Gasteiger partial charge in [-0.05, 0) is 12.1 Å². The lowest BCUT2D eigenvalue weighted by Gasteiger charge is -1.96. The molecule has 1 unspecified atom stereocenters. The van der Waals surface area contributed by atoms with E-state index >= 15 is 0 Å². The number of fused-ring (bicyclic) bond motifs is 1. The van der Waals surface area contributed by atoms with Gasteiger partial charge < -0.3 is 15.8 Å². The van der Waals surface area contributed by atoms with Gasteiger partial charge in [0.1, 0.15) is 6.04 Å². The van der Waals surface area contributed by atoms with Crippen molar-refractivity contribution in [2.45, 2.75) is 11.2 Å². The third-order valence-corrected chi connectivity index (χ3v) is 2.50. The van der Waals surface area contributed by atoms with Gasteiger partial charge in [0.25, 0.3) is 0 Å². The number of carbonyl (C=O) groups is 1. The molecule has 0 saturated carbocycles. The minimum absolute atomic E-state index is 0.190. The van der Waals surface area contributed by atoms with Gasteiger partial charge in [-0.2, -0.15) is 12.6 Å². The van der Waals surface area contributed by atoms with Crippen LogP contribution in [0.4, 0.5) is 0 Å². The van der Waals surface area contributed by atoms with Gasteiger partial charge in [-0.3, -0.25) is 4.79 Å². The smallest absolute Gasteiger partial charge is 0.321 e. The fourth-order valence-electron chi connectivity index (χ4n) is 1.02. The number of hydrogen-bond acceptors (Lipinski definition) is 5. The lowest BCUT2D eigenvalue weighted by molar-refractivity contribution is -0.137. The van der Waals surface area contributed by atoms with Crippen LogP contribution in [0, 0.1) is 0 Å². The molecule has 0 bridgehead atoms. The fraction of sp³-hybridized carbons (Fsp3) is 0.200. The number of imidazole rings is 1. The Labute approximate surface area is 109 Å². The van der Waals surface area contributed by atoms with Crippen molar-refractivity contribution in [3.8, 4) is 0 Å². The molecule has 1 aromatic carbocycles. The molecule has 0 aliphatic rings. The Hall–Kier alpha value is -1.18. The summed E-state index contributed by atoms with van der Waals surface area (Å²) in [5, 5.41) is 8.68. The number of hydrogen-bond donors (Lipinski definition) is 5. The molecule has 7 heteroatoms. The minimum atomic E-state index is -1.00. The van der Waals surface area contributed by atoms with Gasteiger partial charge in [0.15, 0.2) is 5.16 Å². The topological polar surface area (TPSA) is 92.0 Å². The monoisotopic (exact) mass is 271 g/mol. The number of rotatable bonds is 2. The first-order valence-electron chi connectivity index (χ1n) is 4.77. The maximum Gasteiger partial charge on any atom is 0.321 e. The Morgan fingerprint density at radius 3 is 2.65 bits per heavy atom. The zero-order valence-corrected chi connectivity index (χ0v) is 10.7. The first-order chi connectivity index (χ1) is 8.04. The summed E-state index contributed by atoms with van der Waals surface area (Å²) in [5.41, 5.74) is 6.94. The molecule has 0 aliphatic heterocycles. The highest BCUT2D eigenvalue weighted by Crippen LogP contribution is 2.11. The molecule has 2 aromatic rings. The van der Waals surface area contributed by atoms with Crippen LogP contribution in [0.5, 0.6) is 0 Å². The van der Waals surface area contributed by atoms with E-state index in [0.29, 0.717) is 5.16 Å². The fourth-order valence-corrected chi connectivity index (χ4v) is 1.40. The third kappa shape index (κ3) is 4.29. The highest BCUT2D eigenvalue weighted by molar-refractivity contribution is 7.80. The van der Waals surface area contributed by atoms with Crippen LogP contribution in [0.25, 0.3) is 11.0 Å². The van der Waals surface area contributed by atoms with E-state index in [4.69, 9.17) is 10.8 Å². The summed E-state index contributed by atoms with van der Waals surface area (Å²) >= 11 is 7.73. The molecular weight excluding hydrogens is 258 g/mol. The number of nitrogens with two attached hydrogens (primary N) is 1. The van der Waals surface area contributed by atoms with Gasteiger partial charge in [-0.15, -0.1) is 12.6 Å². The van der Waals surface area contributed by atoms with Crippen molar-refractivity contribution < 1.29 is 9.90 Å². The number of carboxylic acid groups (broad SMARTS) is 1. The molecule has 0 aliphatic carbocycles. The standard InChI is InChI=1S/C7H6N2S.C3H7NO2S/c10-7-8-5-3-1-2-4-6(5)9-7;4-2(1-7)3(5)6/h1-4H,(H2,8,9,10);2,7H,1,4H2,(H,5,6). The summed E-state index contributed by atoms with van der Waals surface area (Å²) in [6.45, 7) is 0. The highest BCUT2D eigenvalue weighted by Gasteiger charge is 2.06. The van der Waals surface area contributed by atoms with Crippen LogP contribution < -0.4 is 5.73 Å². The van der Waals surface area contributed by atoms with Gasteiger partial charge in [0.2, 0.25) is 0 Å². The van der Waals surface area contributed by atoms with Crippen molar-refractivity contribution in [2.24, 2.45) is 5.73 Å². The van der Waals surface area contributed by atoms with Crippen LogP contribution in [0.15, 0.2) is 29.4 Å². The number of aliphatic carboxylic acids is 1. The molecule has 4 N–H and O–H groups in total. The zero-order chi connectivity index (χ0) is 12.8. The van der Waals surface area contributed by atoms with Gasteiger partial charge in [-0.25, -0.2) is 4.98 Å². The molecule has 5 nitrogen and oxygen atoms in total. The number of nitrogens with one attached hydrogen (secondary N) is 1. The largest absolute Gasteiger partial charge is 0.480 e. The van der Waals surface area contributed by atoms with Crippen molar-refractivity contribution in [2.75, 3.05) is 5.75 Å². The van der Waals surface area contributed by atoms with Gasteiger partial charge in [0.05, 0.1) is 11.0 Å². The van der Waals surface area contributed by atoms with Crippen molar-refractivity contribution in [1.29, 1.82) is 0 Å². The number of aromatic amines is 1. The molecule has 0 fully saturated rings. The van der Waals surface area contributed by atoms with E-state index in [1.165, 1.54) is 0 Å². The number of aromatic nitrogens is 2. The summed E-state index contributed by atoms with van der Waals surface area (Å²) in [6, 6.07) is 7.03. The van der Waals surface area contributed by atoms with E-state index in [-0.39, 0.29) is 5.75 Å². The third-order valence-electron chi connectivity index (χ3n) is 1.89. The molecule has 1 heterocycles. The molecule has 1 aromatic heterocycles. The minimum Gasteiger partial charge on any atom is -0.480 e. The first-order valence-corrected chi connectivity index (χ1v) is 5.85. The molecule has 0 saturated heterocycles. The summed E-state index contributed by atoms with van der Waals surface area (Å²) in [7, 11) is 0. The molecule has 0 amide bonds. The molecule has 17 heavy (non-hydrogen) atoms. The van der Waals surface area contributed by atoms with E-state index < -0.39 is 12.0 Å². The Kier molecular flexibility index (Phi) is 5.33. The second kappa shape index (κ2) is 6.53. The van der Waals surface area contributed by atoms with Gasteiger partial charge >= 0.3 is 5.97 Å². The molecular formula is C10H13N3O2S2. The van der Waals surface area contributed by atoms with Crippen molar-refractivity contribution in [3.63, 3.8) is 0 Å². The normalized spacial score (nSPS) is 11.7. The van der Waals surface area contributed by atoms with E-state index in [0.717, 1.165) is 11.0 Å².